The SMILES string of the molecule is C=C(CCC[Si](C)(OC(C)C)OC(C)C)C(=O)O. The van der Waals surface area contributed by atoms with Crippen molar-refractivity contribution in [3.8, 4) is 0 Å². The highest BCUT2D eigenvalue weighted by molar-refractivity contribution is 6.66. The van der Waals surface area contributed by atoms with Crippen LogP contribution in [0.1, 0.15) is 40.5 Å². The number of aliphatic carboxylic acids is 1. The van der Waals surface area contributed by atoms with Crippen LogP contribution in [0, 0.1) is 0 Å². The molecule has 5 heteroatoms. The van der Waals surface area contributed by atoms with Crippen LogP contribution >= 0.6 is 0 Å². The minimum atomic E-state index is -2.21. The second kappa shape index (κ2) is 7.71. The Morgan fingerprint density at radius 1 is 1.22 bits per heavy atom. The largest absolute Gasteiger partial charge is 0.478 e. The van der Waals surface area contributed by atoms with Crippen LogP contribution in [0.2, 0.25) is 12.6 Å². The Balaban J connectivity index is 4.33. The molecule has 0 bridgehead atoms. The van der Waals surface area contributed by atoms with Crippen LogP contribution in [-0.2, 0) is 13.6 Å². The standard InChI is InChI=1S/C13H26O4Si/c1-10(2)16-18(6,17-11(3)4)9-7-8-12(5)13(14)15/h10-11H,5,7-9H2,1-4,6H3,(H,14,15). The lowest BCUT2D eigenvalue weighted by atomic mass is 10.2. The minimum absolute atomic E-state index is 0.128. The summed E-state index contributed by atoms with van der Waals surface area (Å²) >= 11 is 0. The van der Waals surface area contributed by atoms with Gasteiger partial charge < -0.3 is 14.0 Å². The summed E-state index contributed by atoms with van der Waals surface area (Å²) in [5.41, 5.74) is 0.250. The van der Waals surface area contributed by atoms with Crippen LogP contribution in [0.3, 0.4) is 0 Å². The normalized spacial score (nSPS) is 12.2. The Morgan fingerprint density at radius 2 is 1.67 bits per heavy atom. The fraction of sp³-hybridized carbons (Fsp3) is 0.769. The fourth-order valence-corrected chi connectivity index (χ4v) is 4.98. The predicted molar refractivity (Wildman–Crippen MR) is 74.9 cm³/mol. The molecule has 1 N–H and O–H groups in total. The molecule has 0 aromatic carbocycles. The quantitative estimate of drug-likeness (QED) is 0.517. The van der Waals surface area contributed by atoms with E-state index in [1.165, 1.54) is 0 Å². The van der Waals surface area contributed by atoms with Crippen molar-refractivity contribution < 1.29 is 18.8 Å². The van der Waals surface area contributed by atoms with Crippen molar-refractivity contribution in [1.82, 2.24) is 0 Å². The molecule has 0 heterocycles. The Hall–Kier alpha value is -0.653. The number of carbonyl (C=O) groups is 1. The van der Waals surface area contributed by atoms with Crippen LogP contribution in [0.5, 0.6) is 0 Å². The molecule has 0 aliphatic carbocycles. The van der Waals surface area contributed by atoms with E-state index in [9.17, 15) is 4.79 Å². The summed E-state index contributed by atoms with van der Waals surface area (Å²) in [6.45, 7) is 13.5. The summed E-state index contributed by atoms with van der Waals surface area (Å²) in [5, 5.41) is 8.75. The van der Waals surface area contributed by atoms with Gasteiger partial charge in [-0.3, -0.25) is 0 Å². The van der Waals surface area contributed by atoms with Gasteiger partial charge in [0.1, 0.15) is 0 Å². The van der Waals surface area contributed by atoms with Crippen molar-refractivity contribution in [1.29, 1.82) is 0 Å². The molecule has 0 unspecified atom stereocenters. The predicted octanol–water partition coefficient (Wildman–Crippen LogP) is 3.33. The third kappa shape index (κ3) is 7.63. The van der Waals surface area contributed by atoms with E-state index in [-0.39, 0.29) is 17.8 Å². The van der Waals surface area contributed by atoms with Crippen LogP contribution in [-0.4, -0.2) is 31.8 Å². The van der Waals surface area contributed by atoms with Crippen LogP contribution in [0.4, 0.5) is 0 Å². The molecule has 4 nitrogen and oxygen atoms in total. The summed E-state index contributed by atoms with van der Waals surface area (Å²) in [7, 11) is -2.21. The van der Waals surface area contributed by atoms with Crippen LogP contribution in [0.25, 0.3) is 0 Å². The molecule has 0 saturated carbocycles. The van der Waals surface area contributed by atoms with Gasteiger partial charge >= 0.3 is 14.5 Å². The monoisotopic (exact) mass is 274 g/mol. The van der Waals surface area contributed by atoms with Gasteiger partial charge in [-0.25, -0.2) is 4.79 Å². The second-order valence-corrected chi connectivity index (χ2v) is 8.47. The van der Waals surface area contributed by atoms with E-state index in [2.05, 4.69) is 6.58 Å². The summed E-state index contributed by atoms with van der Waals surface area (Å²) in [6.07, 6.45) is 1.49. The van der Waals surface area contributed by atoms with E-state index in [1.807, 2.05) is 34.2 Å². The molecule has 0 rings (SSSR count). The van der Waals surface area contributed by atoms with Crippen molar-refractivity contribution in [3.05, 3.63) is 12.2 Å². The van der Waals surface area contributed by atoms with Crippen molar-refractivity contribution in [3.63, 3.8) is 0 Å². The lowest BCUT2D eigenvalue weighted by Crippen LogP contribution is -2.42. The van der Waals surface area contributed by atoms with Gasteiger partial charge in [0.25, 0.3) is 0 Å². The average Bonchev–Trinajstić information content (AvgIpc) is 2.13. The highest BCUT2D eigenvalue weighted by Gasteiger charge is 2.33. The lowest BCUT2D eigenvalue weighted by molar-refractivity contribution is -0.132. The molecule has 106 valence electrons. The zero-order valence-corrected chi connectivity index (χ0v) is 13.2. The Kier molecular flexibility index (Phi) is 7.43. The number of hydrogen-bond acceptors (Lipinski definition) is 3. The van der Waals surface area contributed by atoms with E-state index in [0.29, 0.717) is 6.42 Å². The molecule has 0 fully saturated rings. The molecular weight excluding hydrogens is 248 g/mol. The molecule has 18 heavy (non-hydrogen) atoms. The minimum Gasteiger partial charge on any atom is -0.478 e. The second-order valence-electron chi connectivity index (χ2n) is 5.23. The summed E-state index contributed by atoms with van der Waals surface area (Å²) in [5.74, 6) is -0.923. The van der Waals surface area contributed by atoms with Crippen molar-refractivity contribution in [2.75, 3.05) is 0 Å². The number of carboxylic acid groups (broad SMARTS) is 1. The van der Waals surface area contributed by atoms with Gasteiger partial charge in [0.05, 0.1) is 0 Å². The molecule has 0 spiro atoms. The first-order chi connectivity index (χ1) is 8.16. The summed E-state index contributed by atoms with van der Waals surface area (Å²) < 4.78 is 11.9. The third-order valence-corrected chi connectivity index (χ3v) is 5.58. The van der Waals surface area contributed by atoms with Gasteiger partial charge in [-0.1, -0.05) is 6.58 Å². The molecule has 0 atom stereocenters. The zero-order chi connectivity index (χ0) is 14.3. The van der Waals surface area contributed by atoms with Crippen molar-refractivity contribution in [2.45, 2.75) is 65.3 Å². The van der Waals surface area contributed by atoms with E-state index >= 15 is 0 Å². The summed E-state index contributed by atoms with van der Waals surface area (Å²) in [4.78, 5) is 10.7. The van der Waals surface area contributed by atoms with Gasteiger partial charge in [-0.2, -0.15) is 0 Å². The first-order valence-corrected chi connectivity index (χ1v) is 8.95. The van der Waals surface area contributed by atoms with E-state index in [4.69, 9.17) is 14.0 Å². The Labute approximate surface area is 111 Å². The summed E-state index contributed by atoms with van der Waals surface area (Å²) in [6, 6.07) is 0.787. The van der Waals surface area contributed by atoms with E-state index in [0.717, 1.165) is 12.5 Å². The molecule has 0 aliphatic heterocycles. The van der Waals surface area contributed by atoms with Crippen LogP contribution < -0.4 is 0 Å². The highest BCUT2D eigenvalue weighted by atomic mass is 28.4. The lowest BCUT2D eigenvalue weighted by Gasteiger charge is -2.31. The maximum absolute atomic E-state index is 10.7. The molecule has 0 aromatic heterocycles. The number of rotatable bonds is 9. The Bertz CT molecular complexity index is 277. The molecule has 0 saturated heterocycles. The van der Waals surface area contributed by atoms with E-state index < -0.39 is 14.5 Å². The van der Waals surface area contributed by atoms with Gasteiger partial charge in [0, 0.05) is 17.8 Å². The fourth-order valence-electron chi connectivity index (χ4n) is 1.87. The van der Waals surface area contributed by atoms with Gasteiger partial charge in [0.2, 0.25) is 0 Å². The maximum atomic E-state index is 10.7. The van der Waals surface area contributed by atoms with Crippen LogP contribution in [0.15, 0.2) is 12.2 Å². The first-order valence-electron chi connectivity index (χ1n) is 6.43. The van der Waals surface area contributed by atoms with Gasteiger partial charge in [0.15, 0.2) is 0 Å². The molecule has 0 aromatic rings. The van der Waals surface area contributed by atoms with E-state index in [1.54, 1.807) is 0 Å². The number of carboxylic acids is 1. The molecular formula is C13H26O4Si. The Morgan fingerprint density at radius 3 is 2.00 bits per heavy atom. The average molecular weight is 274 g/mol. The topological polar surface area (TPSA) is 55.8 Å². The highest BCUT2D eigenvalue weighted by Crippen LogP contribution is 2.22. The third-order valence-electron chi connectivity index (χ3n) is 2.38. The smallest absolute Gasteiger partial charge is 0.335 e. The molecule has 0 radical (unpaired) electrons. The van der Waals surface area contributed by atoms with Gasteiger partial charge in [-0.15, -0.1) is 0 Å². The molecule has 0 aliphatic rings. The molecule has 0 amide bonds. The van der Waals surface area contributed by atoms with Crippen molar-refractivity contribution >= 4 is 14.5 Å². The number of hydrogen-bond donors (Lipinski definition) is 1. The van der Waals surface area contributed by atoms with Crippen molar-refractivity contribution in [2.24, 2.45) is 0 Å². The zero-order valence-electron chi connectivity index (χ0n) is 12.2. The first kappa shape index (κ1) is 17.3. The van der Waals surface area contributed by atoms with Gasteiger partial charge in [-0.05, 0) is 53.1 Å². The maximum Gasteiger partial charge on any atom is 0.335 e.